The molecule has 148 valence electrons. The Morgan fingerprint density at radius 3 is 2.71 bits per heavy atom. The van der Waals surface area contributed by atoms with E-state index < -0.39 is 0 Å². The van der Waals surface area contributed by atoms with Crippen LogP contribution in [0.4, 0.5) is 5.82 Å². The summed E-state index contributed by atoms with van der Waals surface area (Å²) in [7, 11) is 1.94. The molecule has 1 aliphatic carbocycles. The Kier molecular flexibility index (Phi) is 4.84. The first-order valence-electron chi connectivity index (χ1n) is 10.2. The normalized spacial score (nSPS) is 20.9. The van der Waals surface area contributed by atoms with Gasteiger partial charge in [-0.1, -0.05) is 12.8 Å². The summed E-state index contributed by atoms with van der Waals surface area (Å²) >= 11 is 3.88. The van der Waals surface area contributed by atoms with Crippen LogP contribution in [-0.2, 0) is 7.05 Å². The Balaban J connectivity index is 1.66. The van der Waals surface area contributed by atoms with Crippen molar-refractivity contribution in [3.63, 3.8) is 0 Å². The molecule has 0 amide bonds. The average Bonchev–Trinajstić information content (AvgIpc) is 3.45. The number of piperidine rings is 1. The van der Waals surface area contributed by atoms with Crippen LogP contribution in [0.15, 0.2) is 23.1 Å². The van der Waals surface area contributed by atoms with Gasteiger partial charge >= 0.3 is 0 Å². The molecule has 0 bridgehead atoms. The molecular formula is C20H26BrN7. The number of rotatable bonds is 4. The second-order valence-electron chi connectivity index (χ2n) is 8.02. The van der Waals surface area contributed by atoms with E-state index in [0.717, 1.165) is 52.3 Å². The molecule has 28 heavy (non-hydrogen) atoms. The highest BCUT2D eigenvalue weighted by molar-refractivity contribution is 9.10. The Labute approximate surface area is 173 Å². The van der Waals surface area contributed by atoms with Crippen molar-refractivity contribution in [2.75, 3.05) is 18.4 Å². The number of aryl methyl sites for hydroxylation is 1. The molecule has 1 saturated carbocycles. The summed E-state index contributed by atoms with van der Waals surface area (Å²) in [6.45, 7) is 2.07. The van der Waals surface area contributed by atoms with E-state index in [1.807, 2.05) is 34.8 Å². The Hall–Kier alpha value is -1.93. The Bertz CT molecular complexity index is 980. The number of aromatic nitrogens is 5. The van der Waals surface area contributed by atoms with Crippen molar-refractivity contribution in [3.05, 3.63) is 28.8 Å². The number of fused-ring (bicyclic) bond motifs is 1. The van der Waals surface area contributed by atoms with Crippen LogP contribution in [0.5, 0.6) is 0 Å². The first-order valence-corrected chi connectivity index (χ1v) is 11.0. The smallest absolute Gasteiger partial charge is 0.165 e. The van der Waals surface area contributed by atoms with E-state index in [2.05, 4.69) is 31.7 Å². The summed E-state index contributed by atoms with van der Waals surface area (Å²) in [4.78, 5) is 5.12. The maximum Gasteiger partial charge on any atom is 0.165 e. The first-order chi connectivity index (χ1) is 13.7. The van der Waals surface area contributed by atoms with Crippen molar-refractivity contribution < 1.29 is 0 Å². The van der Waals surface area contributed by atoms with Gasteiger partial charge in [0, 0.05) is 42.9 Å². The van der Waals surface area contributed by atoms with E-state index in [1.54, 1.807) is 0 Å². The molecule has 0 spiro atoms. The third-order valence-electron chi connectivity index (χ3n) is 6.01. The fraction of sp³-hybridized carbons (Fsp3) is 0.550. The van der Waals surface area contributed by atoms with Crippen LogP contribution in [0.2, 0.25) is 0 Å². The zero-order valence-corrected chi connectivity index (χ0v) is 17.7. The van der Waals surface area contributed by atoms with Gasteiger partial charge in [0.1, 0.15) is 5.82 Å². The van der Waals surface area contributed by atoms with E-state index in [1.165, 1.54) is 32.1 Å². The fourth-order valence-corrected chi connectivity index (χ4v) is 5.19. The highest BCUT2D eigenvalue weighted by Gasteiger charge is 2.26. The summed E-state index contributed by atoms with van der Waals surface area (Å²) in [6, 6.07) is 0.505. The molecular weight excluding hydrogens is 418 g/mol. The zero-order chi connectivity index (χ0) is 19.1. The molecule has 2 aliphatic rings. The molecule has 0 radical (unpaired) electrons. The number of nitrogens with one attached hydrogen (secondary N) is 2. The number of hydrogen-bond acceptors (Lipinski definition) is 5. The third kappa shape index (κ3) is 3.22. The van der Waals surface area contributed by atoms with Gasteiger partial charge in [0.15, 0.2) is 5.65 Å². The molecule has 0 aromatic carbocycles. The van der Waals surface area contributed by atoms with Crippen LogP contribution in [-0.4, -0.2) is 43.5 Å². The van der Waals surface area contributed by atoms with Crippen LogP contribution in [0, 0.1) is 0 Å². The van der Waals surface area contributed by atoms with Gasteiger partial charge in [-0.2, -0.15) is 14.7 Å². The molecule has 7 nitrogen and oxygen atoms in total. The van der Waals surface area contributed by atoms with Crippen molar-refractivity contribution in [3.8, 4) is 11.1 Å². The van der Waals surface area contributed by atoms with Crippen LogP contribution < -0.4 is 10.6 Å². The average molecular weight is 444 g/mol. The summed E-state index contributed by atoms with van der Waals surface area (Å²) < 4.78 is 4.84. The van der Waals surface area contributed by atoms with E-state index in [4.69, 9.17) is 10.1 Å². The van der Waals surface area contributed by atoms with Crippen molar-refractivity contribution in [2.45, 2.75) is 50.5 Å². The lowest BCUT2D eigenvalue weighted by Gasteiger charge is -2.25. The monoisotopic (exact) mass is 443 g/mol. The second-order valence-corrected chi connectivity index (χ2v) is 8.82. The summed E-state index contributed by atoms with van der Waals surface area (Å²) in [5, 5.41) is 16.3. The number of anilines is 1. The molecule has 1 saturated heterocycles. The minimum absolute atomic E-state index is 0.411. The molecule has 8 heteroatoms. The maximum absolute atomic E-state index is 5.12. The molecule has 3 aromatic rings. The zero-order valence-electron chi connectivity index (χ0n) is 16.2. The first kappa shape index (κ1) is 18.1. The number of hydrogen-bond donors (Lipinski definition) is 2. The van der Waals surface area contributed by atoms with Crippen molar-refractivity contribution in [1.29, 1.82) is 0 Å². The number of nitrogens with zero attached hydrogens (tertiary/aromatic N) is 5. The predicted molar refractivity (Wildman–Crippen MR) is 114 cm³/mol. The topological polar surface area (TPSA) is 72.1 Å². The quantitative estimate of drug-likeness (QED) is 0.642. The lowest BCUT2D eigenvalue weighted by molar-refractivity contribution is 0.453. The molecule has 2 fully saturated rings. The Morgan fingerprint density at radius 2 is 2.00 bits per heavy atom. The molecule has 5 rings (SSSR count). The minimum atomic E-state index is 0.411. The standard InChI is InChI=1S/C20H26BrN7/c1-27-12-14(10-23-27)16-11-24-28-19(16)26-18(13-5-4-8-22-9-13)17(21)20(28)25-15-6-2-3-7-15/h10-13,15,22,25H,2-9H2,1H3. The van der Waals surface area contributed by atoms with Gasteiger partial charge in [0.05, 0.1) is 22.6 Å². The molecule has 1 unspecified atom stereocenters. The fourth-order valence-electron chi connectivity index (χ4n) is 4.50. The minimum Gasteiger partial charge on any atom is -0.366 e. The van der Waals surface area contributed by atoms with Crippen molar-refractivity contribution in [1.82, 2.24) is 29.7 Å². The summed E-state index contributed by atoms with van der Waals surface area (Å²) in [5.41, 5.74) is 4.11. The van der Waals surface area contributed by atoms with Crippen LogP contribution in [0.1, 0.15) is 50.1 Å². The molecule has 3 aromatic heterocycles. The molecule has 4 heterocycles. The molecule has 2 N–H and O–H groups in total. The van der Waals surface area contributed by atoms with Gasteiger partial charge in [0.25, 0.3) is 0 Å². The van der Waals surface area contributed by atoms with Gasteiger partial charge in [-0.05, 0) is 48.2 Å². The summed E-state index contributed by atoms with van der Waals surface area (Å²) in [6.07, 6.45) is 13.2. The van der Waals surface area contributed by atoms with Gasteiger partial charge < -0.3 is 10.6 Å². The second kappa shape index (κ2) is 7.48. The molecule has 1 atom stereocenters. The number of halogens is 1. The maximum atomic E-state index is 5.12. The van der Waals surface area contributed by atoms with Crippen molar-refractivity contribution in [2.24, 2.45) is 7.05 Å². The van der Waals surface area contributed by atoms with E-state index in [0.29, 0.717) is 12.0 Å². The van der Waals surface area contributed by atoms with Crippen LogP contribution >= 0.6 is 15.9 Å². The predicted octanol–water partition coefficient (Wildman–Crippen LogP) is 3.71. The van der Waals surface area contributed by atoms with Gasteiger partial charge in [0.2, 0.25) is 0 Å². The lowest BCUT2D eigenvalue weighted by Crippen LogP contribution is -2.29. The van der Waals surface area contributed by atoms with Gasteiger partial charge in [-0.3, -0.25) is 4.68 Å². The van der Waals surface area contributed by atoms with Crippen molar-refractivity contribution >= 4 is 27.4 Å². The van der Waals surface area contributed by atoms with Gasteiger partial charge in [-0.15, -0.1) is 0 Å². The van der Waals surface area contributed by atoms with Crippen LogP contribution in [0.25, 0.3) is 16.8 Å². The highest BCUT2D eigenvalue weighted by Crippen LogP contribution is 2.37. The largest absolute Gasteiger partial charge is 0.366 e. The highest BCUT2D eigenvalue weighted by atomic mass is 79.9. The van der Waals surface area contributed by atoms with E-state index in [9.17, 15) is 0 Å². The Morgan fingerprint density at radius 1 is 1.14 bits per heavy atom. The SMILES string of the molecule is Cn1cc(-c2cnn3c(NC4CCCC4)c(Br)c(C4CCCNC4)nc23)cn1. The van der Waals surface area contributed by atoms with Gasteiger partial charge in [-0.25, -0.2) is 4.98 Å². The lowest BCUT2D eigenvalue weighted by atomic mass is 9.95. The van der Waals surface area contributed by atoms with E-state index >= 15 is 0 Å². The summed E-state index contributed by atoms with van der Waals surface area (Å²) in [5.74, 6) is 1.45. The molecule has 1 aliphatic heterocycles. The van der Waals surface area contributed by atoms with Crippen LogP contribution in [0.3, 0.4) is 0 Å². The van der Waals surface area contributed by atoms with E-state index in [-0.39, 0.29) is 0 Å². The third-order valence-corrected chi connectivity index (χ3v) is 6.79.